The number of rotatable bonds is 4. The van der Waals surface area contributed by atoms with Crippen molar-refractivity contribution in [1.29, 1.82) is 0 Å². The Hall–Kier alpha value is -1.07. The highest BCUT2D eigenvalue weighted by Crippen LogP contribution is 2.22. The van der Waals surface area contributed by atoms with Gasteiger partial charge in [0.05, 0.1) is 9.08 Å². The third kappa shape index (κ3) is 3.46. The van der Waals surface area contributed by atoms with Gasteiger partial charge < -0.3 is 10.3 Å². The first-order valence-electron chi connectivity index (χ1n) is 5.53. The summed E-state index contributed by atoms with van der Waals surface area (Å²) in [7, 11) is 0. The number of carbonyl (C=O) groups excluding carboxylic acids is 1. The Balaban J connectivity index is 1.85. The smallest absolute Gasteiger partial charge is 0.267 e. The van der Waals surface area contributed by atoms with Crippen LogP contribution in [0, 0.1) is 0 Å². The third-order valence-corrected chi connectivity index (χ3v) is 4.29. The van der Waals surface area contributed by atoms with Crippen LogP contribution < -0.4 is 5.32 Å². The standard InChI is InChI=1S/C13H12Br2N2O/c14-10-8-11(17-12(10)15)13(18)16-7-6-9-4-2-1-3-5-9/h1-5,8,17H,6-7H2,(H,16,18). The van der Waals surface area contributed by atoms with Gasteiger partial charge in [0.15, 0.2) is 0 Å². The summed E-state index contributed by atoms with van der Waals surface area (Å²) in [6, 6.07) is 11.8. The van der Waals surface area contributed by atoms with Crippen LogP contribution in [0.3, 0.4) is 0 Å². The van der Waals surface area contributed by atoms with Crippen LogP contribution >= 0.6 is 31.9 Å². The van der Waals surface area contributed by atoms with Crippen LogP contribution in [0.2, 0.25) is 0 Å². The van der Waals surface area contributed by atoms with Crippen LogP contribution in [0.25, 0.3) is 0 Å². The molecule has 0 atom stereocenters. The minimum Gasteiger partial charge on any atom is -0.350 e. The van der Waals surface area contributed by atoms with Crippen molar-refractivity contribution in [2.24, 2.45) is 0 Å². The molecule has 0 saturated heterocycles. The Kier molecular flexibility index (Phi) is 4.60. The number of amides is 1. The predicted octanol–water partition coefficient (Wildman–Crippen LogP) is 3.51. The maximum Gasteiger partial charge on any atom is 0.267 e. The number of aromatic amines is 1. The van der Waals surface area contributed by atoms with Crippen molar-refractivity contribution in [2.45, 2.75) is 6.42 Å². The van der Waals surface area contributed by atoms with Crippen molar-refractivity contribution in [3.05, 3.63) is 56.7 Å². The summed E-state index contributed by atoms with van der Waals surface area (Å²) >= 11 is 6.64. The van der Waals surface area contributed by atoms with E-state index in [0.29, 0.717) is 12.2 Å². The van der Waals surface area contributed by atoms with Gasteiger partial charge in [-0.25, -0.2) is 0 Å². The summed E-state index contributed by atoms with van der Waals surface area (Å²) in [6.07, 6.45) is 0.829. The second kappa shape index (κ2) is 6.20. The molecule has 0 aliphatic rings. The lowest BCUT2D eigenvalue weighted by atomic mass is 10.1. The molecule has 0 saturated carbocycles. The summed E-state index contributed by atoms with van der Waals surface area (Å²) in [6.45, 7) is 0.622. The quantitative estimate of drug-likeness (QED) is 0.848. The van der Waals surface area contributed by atoms with Gasteiger partial charge in [0.25, 0.3) is 5.91 Å². The van der Waals surface area contributed by atoms with Crippen LogP contribution in [-0.2, 0) is 6.42 Å². The molecule has 94 valence electrons. The van der Waals surface area contributed by atoms with Gasteiger partial charge in [-0.2, -0.15) is 0 Å². The van der Waals surface area contributed by atoms with Crippen molar-refractivity contribution >= 4 is 37.8 Å². The zero-order valence-electron chi connectivity index (χ0n) is 9.54. The van der Waals surface area contributed by atoms with Crippen molar-refractivity contribution in [2.75, 3.05) is 6.54 Å². The van der Waals surface area contributed by atoms with Gasteiger partial charge in [0, 0.05) is 6.54 Å². The van der Waals surface area contributed by atoms with Crippen LogP contribution in [0.1, 0.15) is 16.1 Å². The molecule has 0 spiro atoms. The molecule has 0 radical (unpaired) electrons. The number of H-pyrrole nitrogens is 1. The van der Waals surface area contributed by atoms with Crippen molar-refractivity contribution in [1.82, 2.24) is 10.3 Å². The van der Waals surface area contributed by atoms with E-state index in [2.05, 4.69) is 42.2 Å². The zero-order valence-corrected chi connectivity index (χ0v) is 12.7. The van der Waals surface area contributed by atoms with E-state index in [0.717, 1.165) is 15.5 Å². The number of aromatic nitrogens is 1. The first kappa shape index (κ1) is 13.4. The molecular weight excluding hydrogens is 360 g/mol. The largest absolute Gasteiger partial charge is 0.350 e. The number of nitrogens with one attached hydrogen (secondary N) is 2. The number of hydrogen-bond acceptors (Lipinski definition) is 1. The topological polar surface area (TPSA) is 44.9 Å². The minimum absolute atomic E-state index is 0.0997. The first-order valence-corrected chi connectivity index (χ1v) is 7.11. The van der Waals surface area contributed by atoms with Gasteiger partial charge in [-0.15, -0.1) is 0 Å². The molecule has 5 heteroatoms. The van der Waals surface area contributed by atoms with Gasteiger partial charge in [-0.05, 0) is 49.9 Å². The highest BCUT2D eigenvalue weighted by molar-refractivity contribution is 9.13. The fraction of sp³-hybridized carbons (Fsp3) is 0.154. The maximum absolute atomic E-state index is 11.8. The molecule has 1 aromatic heterocycles. The maximum atomic E-state index is 11.8. The number of halogens is 2. The van der Waals surface area contributed by atoms with Gasteiger partial charge in [0.1, 0.15) is 5.69 Å². The van der Waals surface area contributed by atoms with Crippen molar-refractivity contribution < 1.29 is 4.79 Å². The van der Waals surface area contributed by atoms with E-state index >= 15 is 0 Å². The normalized spacial score (nSPS) is 10.3. The van der Waals surface area contributed by atoms with E-state index in [-0.39, 0.29) is 5.91 Å². The summed E-state index contributed by atoms with van der Waals surface area (Å²) in [4.78, 5) is 14.8. The fourth-order valence-corrected chi connectivity index (χ4v) is 2.24. The fourth-order valence-electron chi connectivity index (χ4n) is 1.59. The Morgan fingerprint density at radius 3 is 2.56 bits per heavy atom. The minimum atomic E-state index is -0.0997. The van der Waals surface area contributed by atoms with E-state index in [9.17, 15) is 4.79 Å². The lowest BCUT2D eigenvalue weighted by molar-refractivity contribution is 0.0949. The number of carbonyl (C=O) groups is 1. The summed E-state index contributed by atoms with van der Waals surface area (Å²) in [5.74, 6) is -0.0997. The van der Waals surface area contributed by atoms with Gasteiger partial charge >= 0.3 is 0 Å². The Morgan fingerprint density at radius 1 is 1.22 bits per heavy atom. The van der Waals surface area contributed by atoms with E-state index in [1.807, 2.05) is 30.3 Å². The molecule has 2 aromatic rings. The monoisotopic (exact) mass is 370 g/mol. The van der Waals surface area contributed by atoms with Crippen LogP contribution in [0.4, 0.5) is 0 Å². The second-order valence-electron chi connectivity index (χ2n) is 3.84. The zero-order chi connectivity index (χ0) is 13.0. The summed E-state index contributed by atoms with van der Waals surface area (Å²) in [5.41, 5.74) is 1.76. The van der Waals surface area contributed by atoms with Gasteiger partial charge in [-0.3, -0.25) is 4.79 Å². The molecule has 2 N–H and O–H groups in total. The Bertz CT molecular complexity index is 518. The van der Waals surface area contributed by atoms with Crippen molar-refractivity contribution in [3.63, 3.8) is 0 Å². The molecule has 3 nitrogen and oxygen atoms in total. The van der Waals surface area contributed by atoms with Gasteiger partial charge in [0.2, 0.25) is 0 Å². The van der Waals surface area contributed by atoms with E-state index in [1.54, 1.807) is 6.07 Å². The molecule has 1 amide bonds. The highest BCUT2D eigenvalue weighted by atomic mass is 79.9. The van der Waals surface area contributed by atoms with E-state index in [1.165, 1.54) is 5.56 Å². The van der Waals surface area contributed by atoms with Crippen LogP contribution in [0.15, 0.2) is 45.5 Å². The summed E-state index contributed by atoms with van der Waals surface area (Å²) in [5, 5.41) is 2.88. The highest BCUT2D eigenvalue weighted by Gasteiger charge is 2.10. The molecule has 0 unspecified atom stereocenters. The SMILES string of the molecule is O=C(NCCc1ccccc1)c1cc(Br)c(Br)[nH]1. The number of benzene rings is 1. The lowest BCUT2D eigenvalue weighted by Crippen LogP contribution is -2.25. The average molecular weight is 372 g/mol. The van der Waals surface area contributed by atoms with Crippen LogP contribution in [-0.4, -0.2) is 17.4 Å². The molecule has 18 heavy (non-hydrogen) atoms. The van der Waals surface area contributed by atoms with Gasteiger partial charge in [-0.1, -0.05) is 30.3 Å². The van der Waals surface area contributed by atoms with Crippen molar-refractivity contribution in [3.8, 4) is 0 Å². The predicted molar refractivity (Wildman–Crippen MR) is 78.7 cm³/mol. The molecule has 0 fully saturated rings. The molecule has 1 aromatic carbocycles. The average Bonchev–Trinajstić information content (AvgIpc) is 2.71. The molecule has 0 aliphatic carbocycles. The number of hydrogen-bond donors (Lipinski definition) is 2. The first-order chi connectivity index (χ1) is 8.66. The summed E-state index contributed by atoms with van der Waals surface area (Å²) < 4.78 is 1.62. The molecule has 0 aliphatic heterocycles. The van der Waals surface area contributed by atoms with E-state index in [4.69, 9.17) is 0 Å². The Morgan fingerprint density at radius 2 is 1.94 bits per heavy atom. The molecule has 0 bridgehead atoms. The third-order valence-electron chi connectivity index (χ3n) is 2.51. The molecule has 1 heterocycles. The molecular formula is C13H12Br2N2O. The Labute approximate surface area is 122 Å². The van der Waals surface area contributed by atoms with Crippen LogP contribution in [0.5, 0.6) is 0 Å². The van der Waals surface area contributed by atoms with E-state index < -0.39 is 0 Å². The molecule has 2 rings (SSSR count). The lowest BCUT2D eigenvalue weighted by Gasteiger charge is -2.03. The second-order valence-corrected chi connectivity index (χ2v) is 5.48.